The lowest BCUT2D eigenvalue weighted by Crippen LogP contribution is -2.40. The van der Waals surface area contributed by atoms with Crippen LogP contribution in [-0.4, -0.2) is 38.9 Å². The summed E-state index contributed by atoms with van der Waals surface area (Å²) in [5.41, 5.74) is 3.57. The number of rotatable bonds is 6. The van der Waals surface area contributed by atoms with E-state index < -0.39 is 25.4 Å². The van der Waals surface area contributed by atoms with Crippen molar-refractivity contribution in [1.29, 1.82) is 0 Å². The van der Waals surface area contributed by atoms with Crippen LogP contribution in [0.25, 0.3) is 0 Å². The van der Waals surface area contributed by atoms with Crippen LogP contribution in [0.2, 0.25) is 0 Å². The van der Waals surface area contributed by atoms with E-state index in [2.05, 4.69) is 19.6 Å². The highest BCUT2D eigenvalue weighted by atomic mass is 31.2. The molecule has 0 aliphatic rings. The Hall–Kier alpha value is -2.00. The molecule has 0 aliphatic carbocycles. The Morgan fingerprint density at radius 1 is 1.41 bits per heavy atom. The average Bonchev–Trinajstić information content (AvgIpc) is 2.33. The molecule has 0 atom stereocenters. The first kappa shape index (κ1) is 18.1. The molecule has 11 heteroatoms. The number of phosphoric acid groups is 1. The van der Waals surface area contributed by atoms with Crippen molar-refractivity contribution in [3.63, 3.8) is 0 Å². The van der Waals surface area contributed by atoms with Crippen LogP contribution in [-0.2, 0) is 9.09 Å². The van der Waals surface area contributed by atoms with Gasteiger partial charge < -0.3 is 25.6 Å². The fourth-order valence-corrected chi connectivity index (χ4v) is 2.14. The Morgan fingerprint density at radius 3 is 2.50 bits per heavy atom. The molecule has 2 amide bonds. The number of primary amides is 1. The highest BCUT2D eigenvalue weighted by Gasteiger charge is 2.29. The Bertz CT molecular complexity index is 596. The zero-order chi connectivity index (χ0) is 17.0. The normalized spacial score (nSPS) is 11.8. The van der Waals surface area contributed by atoms with Crippen LogP contribution in [0.4, 0.5) is 4.79 Å². The fraction of sp³-hybridized carbons (Fsp3) is 0.364. The van der Waals surface area contributed by atoms with Crippen LogP contribution in [0.5, 0.6) is 5.75 Å². The predicted octanol–water partition coefficient (Wildman–Crippen LogP) is 0.157. The largest absolute Gasteiger partial charge is 0.470 e. The molecule has 0 saturated carbocycles. The van der Waals surface area contributed by atoms with Gasteiger partial charge in [0.1, 0.15) is 5.69 Å². The summed E-state index contributed by atoms with van der Waals surface area (Å²) in [7, 11) is -4.67. The molecular weight excluding hydrogens is 317 g/mol. The first-order valence-corrected chi connectivity index (χ1v) is 7.49. The van der Waals surface area contributed by atoms with E-state index in [1.165, 1.54) is 26.0 Å². The van der Waals surface area contributed by atoms with Crippen LogP contribution in [0.15, 0.2) is 18.3 Å². The van der Waals surface area contributed by atoms with Crippen molar-refractivity contribution < 1.29 is 33.2 Å². The molecule has 1 aromatic rings. The summed E-state index contributed by atoms with van der Waals surface area (Å²) < 4.78 is 19.9. The van der Waals surface area contributed by atoms with E-state index in [4.69, 9.17) is 15.5 Å². The van der Waals surface area contributed by atoms with E-state index in [0.717, 1.165) is 6.20 Å². The SMILES string of the molecule is CC(C)(CNC(=O)c1ccc(OC(N)=O)cn1)OP(=O)(O)O. The number of carbonyl (C=O) groups is 2. The number of carbonyl (C=O) groups excluding carboxylic acids is 2. The second-order valence-electron chi connectivity index (χ2n) is 4.82. The lowest BCUT2D eigenvalue weighted by atomic mass is 10.1. The van der Waals surface area contributed by atoms with Gasteiger partial charge in [-0.3, -0.25) is 9.32 Å². The van der Waals surface area contributed by atoms with Crippen LogP contribution >= 0.6 is 7.82 Å². The Balaban J connectivity index is 2.62. The maximum Gasteiger partial charge on any atom is 0.470 e. The third-order valence-electron chi connectivity index (χ3n) is 2.23. The van der Waals surface area contributed by atoms with Crippen LogP contribution in [0.3, 0.4) is 0 Å². The minimum atomic E-state index is -4.67. The maximum atomic E-state index is 11.8. The summed E-state index contributed by atoms with van der Waals surface area (Å²) in [5.74, 6) is -0.512. The first-order chi connectivity index (χ1) is 9.98. The number of hydrogen-bond acceptors (Lipinski definition) is 6. The summed E-state index contributed by atoms with van der Waals surface area (Å²) >= 11 is 0. The van der Waals surface area contributed by atoms with Gasteiger partial charge in [0.2, 0.25) is 0 Å². The van der Waals surface area contributed by atoms with Gasteiger partial charge in [0.25, 0.3) is 5.91 Å². The molecule has 0 bridgehead atoms. The van der Waals surface area contributed by atoms with Gasteiger partial charge in [-0.2, -0.15) is 0 Å². The smallest absolute Gasteiger partial charge is 0.409 e. The number of nitrogens with zero attached hydrogens (tertiary/aromatic N) is 1. The zero-order valence-corrected chi connectivity index (χ0v) is 12.7. The number of nitrogens with two attached hydrogens (primary N) is 1. The summed E-state index contributed by atoms with van der Waals surface area (Å²) in [6, 6.07) is 2.62. The molecular formula is C11H16N3O7P. The van der Waals surface area contributed by atoms with Crippen LogP contribution in [0.1, 0.15) is 24.3 Å². The van der Waals surface area contributed by atoms with Crippen molar-refractivity contribution in [2.45, 2.75) is 19.4 Å². The van der Waals surface area contributed by atoms with Crippen LogP contribution in [0, 0.1) is 0 Å². The Kier molecular flexibility index (Phi) is 5.61. The van der Waals surface area contributed by atoms with Crippen molar-refractivity contribution in [2.75, 3.05) is 6.54 Å². The number of ether oxygens (including phenoxy) is 1. The second kappa shape index (κ2) is 6.84. The van der Waals surface area contributed by atoms with Crippen molar-refractivity contribution in [2.24, 2.45) is 5.73 Å². The summed E-state index contributed by atoms with van der Waals surface area (Å²) in [4.78, 5) is 43.6. The zero-order valence-electron chi connectivity index (χ0n) is 11.8. The molecule has 10 nitrogen and oxygen atoms in total. The molecule has 0 radical (unpaired) electrons. The second-order valence-corrected chi connectivity index (χ2v) is 5.99. The van der Waals surface area contributed by atoms with Gasteiger partial charge in [0.05, 0.1) is 11.8 Å². The van der Waals surface area contributed by atoms with Crippen molar-refractivity contribution in [3.05, 3.63) is 24.0 Å². The third kappa shape index (κ3) is 6.64. The number of aromatic nitrogens is 1. The van der Waals surface area contributed by atoms with Gasteiger partial charge in [-0.05, 0) is 26.0 Å². The third-order valence-corrected chi connectivity index (χ3v) is 2.96. The predicted molar refractivity (Wildman–Crippen MR) is 74.0 cm³/mol. The monoisotopic (exact) mass is 333 g/mol. The minimum Gasteiger partial charge on any atom is -0.409 e. The molecule has 1 rings (SSSR count). The quantitative estimate of drug-likeness (QED) is 0.535. The molecule has 122 valence electrons. The molecule has 0 aliphatic heterocycles. The number of nitrogens with one attached hydrogen (secondary N) is 1. The number of phosphoric ester groups is 1. The van der Waals surface area contributed by atoms with Crippen molar-refractivity contribution >= 4 is 19.8 Å². The van der Waals surface area contributed by atoms with Gasteiger partial charge >= 0.3 is 13.9 Å². The fourth-order valence-electron chi connectivity index (χ4n) is 1.43. The number of pyridine rings is 1. The number of amides is 2. The molecule has 5 N–H and O–H groups in total. The molecule has 0 aromatic carbocycles. The van der Waals surface area contributed by atoms with Gasteiger partial charge in [-0.25, -0.2) is 14.3 Å². The first-order valence-electron chi connectivity index (χ1n) is 5.96. The molecule has 0 spiro atoms. The topological polar surface area (TPSA) is 161 Å². The molecule has 0 saturated heterocycles. The summed E-state index contributed by atoms with van der Waals surface area (Å²) in [5, 5.41) is 2.42. The lowest BCUT2D eigenvalue weighted by molar-refractivity contribution is 0.0595. The van der Waals surface area contributed by atoms with E-state index >= 15 is 0 Å². The van der Waals surface area contributed by atoms with Crippen LogP contribution < -0.4 is 15.8 Å². The van der Waals surface area contributed by atoms with Crippen molar-refractivity contribution in [3.8, 4) is 5.75 Å². The van der Waals surface area contributed by atoms with Crippen molar-refractivity contribution in [1.82, 2.24) is 10.3 Å². The van der Waals surface area contributed by atoms with E-state index in [1.807, 2.05) is 0 Å². The minimum absolute atomic E-state index is 0.0174. The maximum absolute atomic E-state index is 11.8. The van der Waals surface area contributed by atoms with E-state index in [1.54, 1.807) is 0 Å². The van der Waals surface area contributed by atoms with Gasteiger partial charge in [-0.1, -0.05) is 0 Å². The molecule has 22 heavy (non-hydrogen) atoms. The number of hydrogen-bond donors (Lipinski definition) is 4. The molecule has 1 aromatic heterocycles. The highest BCUT2D eigenvalue weighted by molar-refractivity contribution is 7.46. The standard InChI is InChI=1S/C11H16N3O7P/c1-11(2,21-22(17,18)19)6-14-9(15)8-4-3-7(5-13-8)20-10(12)16/h3-5H,6H2,1-2H3,(H2,12,16)(H,14,15)(H2,17,18,19). The van der Waals surface area contributed by atoms with E-state index in [0.29, 0.717) is 0 Å². The summed E-state index contributed by atoms with van der Waals surface area (Å²) in [6.45, 7) is 2.66. The average molecular weight is 333 g/mol. The van der Waals surface area contributed by atoms with Gasteiger partial charge in [0, 0.05) is 6.54 Å². The molecule has 0 unspecified atom stereocenters. The highest BCUT2D eigenvalue weighted by Crippen LogP contribution is 2.40. The van der Waals surface area contributed by atoms with Gasteiger partial charge in [-0.15, -0.1) is 0 Å². The lowest BCUT2D eigenvalue weighted by Gasteiger charge is -2.25. The van der Waals surface area contributed by atoms with Gasteiger partial charge in [0.15, 0.2) is 5.75 Å². The molecule has 1 heterocycles. The molecule has 0 fully saturated rings. The van der Waals surface area contributed by atoms with E-state index in [-0.39, 0.29) is 18.0 Å². The van der Waals surface area contributed by atoms with E-state index in [9.17, 15) is 14.2 Å². The summed E-state index contributed by atoms with van der Waals surface area (Å²) in [6.07, 6.45) is 0.132. The Morgan fingerprint density at radius 2 is 2.05 bits per heavy atom. The Labute approximate surface area is 125 Å².